The Hall–Kier alpha value is -0.830. The van der Waals surface area contributed by atoms with Crippen molar-refractivity contribution in [2.24, 2.45) is 17.8 Å². The summed E-state index contributed by atoms with van der Waals surface area (Å²) in [4.78, 5) is 10.5. The van der Waals surface area contributed by atoms with Crippen LogP contribution in [0.3, 0.4) is 0 Å². The summed E-state index contributed by atoms with van der Waals surface area (Å²) in [6, 6.07) is 0. The minimum absolute atomic E-state index is 0.181. The second-order valence-electron chi connectivity index (χ2n) is 3.42. The molecule has 3 nitrogen and oxygen atoms in total. The molecule has 74 valence electrons. The Labute approximate surface area is 78.4 Å². The number of ether oxygens (including phenoxy) is 1. The van der Waals surface area contributed by atoms with Crippen LogP contribution in [0.25, 0.3) is 0 Å². The summed E-state index contributed by atoms with van der Waals surface area (Å²) in [6.45, 7) is 3.98. The Morgan fingerprint density at radius 2 is 2.23 bits per heavy atom. The molecule has 0 aliphatic heterocycles. The summed E-state index contributed by atoms with van der Waals surface area (Å²) in [7, 11) is 0. The van der Waals surface area contributed by atoms with Gasteiger partial charge in [0.25, 0.3) is 0 Å². The highest BCUT2D eigenvalue weighted by Crippen LogP contribution is 2.47. The van der Waals surface area contributed by atoms with Gasteiger partial charge in [-0.25, -0.2) is 0 Å². The molecule has 1 N–H and O–H groups in total. The molecule has 0 aromatic carbocycles. The third-order valence-corrected chi connectivity index (χ3v) is 2.50. The molecule has 0 heterocycles. The molecule has 1 rings (SSSR count). The van der Waals surface area contributed by atoms with Crippen LogP contribution in [0.2, 0.25) is 0 Å². The average molecular weight is 184 g/mol. The van der Waals surface area contributed by atoms with Gasteiger partial charge in [-0.05, 0) is 18.8 Å². The van der Waals surface area contributed by atoms with Crippen LogP contribution in [0, 0.1) is 17.8 Å². The third-order valence-electron chi connectivity index (χ3n) is 2.50. The molecule has 0 saturated heterocycles. The van der Waals surface area contributed by atoms with Gasteiger partial charge in [0.05, 0.1) is 6.61 Å². The standard InChI is InChI=1S/C10H16O3/c1-3-4-8-9(5-11)10(8)6-13-7(2)12/h3-4,8-11H,5-6H2,1-2H3/b4-3+/t8-,9-,10+/m1/s1. The zero-order valence-electron chi connectivity index (χ0n) is 8.06. The zero-order valence-corrected chi connectivity index (χ0v) is 8.06. The van der Waals surface area contributed by atoms with Gasteiger partial charge in [0, 0.05) is 19.4 Å². The van der Waals surface area contributed by atoms with E-state index in [0.29, 0.717) is 18.4 Å². The van der Waals surface area contributed by atoms with Crippen molar-refractivity contribution in [1.29, 1.82) is 0 Å². The number of aliphatic hydroxyl groups is 1. The van der Waals surface area contributed by atoms with Crippen LogP contribution in [0.1, 0.15) is 13.8 Å². The second-order valence-corrected chi connectivity index (χ2v) is 3.42. The zero-order chi connectivity index (χ0) is 9.84. The summed E-state index contributed by atoms with van der Waals surface area (Å²) in [6.07, 6.45) is 4.04. The molecule has 1 saturated carbocycles. The van der Waals surface area contributed by atoms with Crippen molar-refractivity contribution in [3.63, 3.8) is 0 Å². The fourth-order valence-electron chi connectivity index (χ4n) is 1.69. The molecular formula is C10H16O3. The summed E-state index contributed by atoms with van der Waals surface area (Å²) >= 11 is 0. The number of esters is 1. The van der Waals surface area contributed by atoms with E-state index in [0.717, 1.165) is 0 Å². The molecular weight excluding hydrogens is 168 g/mol. The van der Waals surface area contributed by atoms with Crippen molar-refractivity contribution in [3.8, 4) is 0 Å². The molecule has 0 aromatic rings. The predicted octanol–water partition coefficient (Wildman–Crippen LogP) is 0.980. The number of carbonyl (C=O) groups excluding carboxylic acids is 1. The van der Waals surface area contributed by atoms with Crippen molar-refractivity contribution in [2.75, 3.05) is 13.2 Å². The lowest BCUT2D eigenvalue weighted by Gasteiger charge is -1.98. The highest BCUT2D eigenvalue weighted by atomic mass is 16.5. The van der Waals surface area contributed by atoms with E-state index in [4.69, 9.17) is 9.84 Å². The highest BCUT2D eigenvalue weighted by molar-refractivity contribution is 5.65. The van der Waals surface area contributed by atoms with Gasteiger partial charge in [0.15, 0.2) is 0 Å². The van der Waals surface area contributed by atoms with Gasteiger partial charge in [0.2, 0.25) is 0 Å². The van der Waals surface area contributed by atoms with Crippen LogP contribution in [0.5, 0.6) is 0 Å². The Balaban J connectivity index is 2.31. The molecule has 0 bridgehead atoms. The highest BCUT2D eigenvalue weighted by Gasteiger charge is 2.48. The fourth-order valence-corrected chi connectivity index (χ4v) is 1.69. The second kappa shape index (κ2) is 4.42. The van der Waals surface area contributed by atoms with Crippen molar-refractivity contribution in [3.05, 3.63) is 12.2 Å². The summed E-state index contributed by atoms with van der Waals surface area (Å²) in [5.41, 5.74) is 0. The Morgan fingerprint density at radius 3 is 2.69 bits per heavy atom. The first-order chi connectivity index (χ1) is 6.20. The minimum Gasteiger partial charge on any atom is -0.466 e. The molecule has 0 aromatic heterocycles. The van der Waals surface area contributed by atoms with Gasteiger partial charge < -0.3 is 9.84 Å². The topological polar surface area (TPSA) is 46.5 Å². The molecule has 13 heavy (non-hydrogen) atoms. The molecule has 0 amide bonds. The first-order valence-corrected chi connectivity index (χ1v) is 4.57. The van der Waals surface area contributed by atoms with E-state index in [1.165, 1.54) is 6.92 Å². The van der Waals surface area contributed by atoms with Crippen LogP contribution in [0.4, 0.5) is 0 Å². The van der Waals surface area contributed by atoms with Gasteiger partial charge in [-0.3, -0.25) is 4.79 Å². The SMILES string of the molecule is C/C=C/[C@@H]1[C@@H](CO)[C@H]1COC(C)=O. The number of carbonyl (C=O) groups is 1. The van der Waals surface area contributed by atoms with Crippen LogP contribution >= 0.6 is 0 Å². The maximum Gasteiger partial charge on any atom is 0.302 e. The van der Waals surface area contributed by atoms with E-state index in [9.17, 15) is 4.79 Å². The lowest BCUT2D eigenvalue weighted by molar-refractivity contribution is -0.141. The maximum atomic E-state index is 10.5. The first kappa shape index (κ1) is 10.3. The molecule has 0 radical (unpaired) electrons. The van der Waals surface area contributed by atoms with E-state index in [1.807, 2.05) is 13.0 Å². The fraction of sp³-hybridized carbons (Fsp3) is 0.700. The maximum absolute atomic E-state index is 10.5. The monoisotopic (exact) mass is 184 g/mol. The van der Waals surface area contributed by atoms with Gasteiger partial charge >= 0.3 is 5.97 Å². The minimum atomic E-state index is -0.247. The van der Waals surface area contributed by atoms with E-state index in [1.54, 1.807) is 0 Å². The number of allylic oxidation sites excluding steroid dienone is 2. The largest absolute Gasteiger partial charge is 0.466 e. The van der Waals surface area contributed by atoms with Crippen LogP contribution in [-0.2, 0) is 9.53 Å². The number of hydrogen-bond acceptors (Lipinski definition) is 3. The lowest BCUT2D eigenvalue weighted by atomic mass is 10.3. The molecule has 1 aliphatic carbocycles. The quantitative estimate of drug-likeness (QED) is 0.523. The third kappa shape index (κ3) is 2.56. The van der Waals surface area contributed by atoms with E-state index in [-0.39, 0.29) is 18.5 Å². The van der Waals surface area contributed by atoms with Gasteiger partial charge in [-0.2, -0.15) is 0 Å². The smallest absolute Gasteiger partial charge is 0.302 e. The van der Waals surface area contributed by atoms with Crippen molar-refractivity contribution < 1.29 is 14.6 Å². The number of aliphatic hydroxyl groups excluding tert-OH is 1. The van der Waals surface area contributed by atoms with Gasteiger partial charge in [0.1, 0.15) is 0 Å². The average Bonchev–Trinajstić information content (AvgIpc) is 2.75. The van der Waals surface area contributed by atoms with Gasteiger partial charge in [-0.1, -0.05) is 12.2 Å². The van der Waals surface area contributed by atoms with Crippen molar-refractivity contribution in [1.82, 2.24) is 0 Å². The summed E-state index contributed by atoms with van der Waals surface area (Å²) in [5, 5.41) is 8.96. The van der Waals surface area contributed by atoms with Crippen LogP contribution in [-0.4, -0.2) is 24.3 Å². The number of rotatable bonds is 4. The van der Waals surface area contributed by atoms with Crippen LogP contribution < -0.4 is 0 Å². The Kier molecular flexibility index (Phi) is 3.48. The Morgan fingerprint density at radius 1 is 1.54 bits per heavy atom. The van der Waals surface area contributed by atoms with Crippen LogP contribution in [0.15, 0.2) is 12.2 Å². The van der Waals surface area contributed by atoms with E-state index in [2.05, 4.69) is 6.08 Å². The Bertz CT molecular complexity index is 210. The van der Waals surface area contributed by atoms with Crippen molar-refractivity contribution >= 4 is 5.97 Å². The lowest BCUT2D eigenvalue weighted by Crippen LogP contribution is -2.04. The van der Waals surface area contributed by atoms with E-state index < -0.39 is 0 Å². The van der Waals surface area contributed by atoms with Gasteiger partial charge in [-0.15, -0.1) is 0 Å². The summed E-state index contributed by atoms with van der Waals surface area (Å²) in [5.74, 6) is 0.762. The normalized spacial score (nSPS) is 32.1. The molecule has 3 heteroatoms. The molecule has 0 spiro atoms. The molecule has 1 aliphatic rings. The van der Waals surface area contributed by atoms with E-state index >= 15 is 0 Å². The summed E-state index contributed by atoms with van der Waals surface area (Å²) < 4.78 is 4.89. The number of hydrogen-bond donors (Lipinski definition) is 1. The van der Waals surface area contributed by atoms with Crippen molar-refractivity contribution in [2.45, 2.75) is 13.8 Å². The first-order valence-electron chi connectivity index (χ1n) is 4.57. The predicted molar refractivity (Wildman–Crippen MR) is 49.0 cm³/mol. The molecule has 1 fully saturated rings. The molecule has 3 atom stereocenters. The molecule has 0 unspecified atom stereocenters.